The van der Waals surface area contributed by atoms with Crippen molar-refractivity contribution in [3.05, 3.63) is 60.7 Å². The van der Waals surface area contributed by atoms with Gasteiger partial charge < -0.3 is 19.4 Å². The average molecular weight is 558 g/mol. The second-order valence-electron chi connectivity index (χ2n) is 11.0. The second kappa shape index (κ2) is 11.6. The molecule has 1 aliphatic heterocycles. The largest absolute Gasteiger partial charge is 0.408 e. The Morgan fingerprint density at radius 2 is 1.90 bits per heavy atom. The summed E-state index contributed by atoms with van der Waals surface area (Å²) < 4.78 is 29.7. The molecule has 0 spiro atoms. The van der Waals surface area contributed by atoms with Gasteiger partial charge in [-0.15, -0.1) is 0 Å². The summed E-state index contributed by atoms with van der Waals surface area (Å²) in [6.07, 6.45) is 1.30. The number of hydrogen-bond acceptors (Lipinski definition) is 8. The maximum absolute atomic E-state index is 16.0. The molecule has 2 N–H and O–H groups in total. The minimum atomic E-state index is -2.37. The molecule has 210 valence electrons. The van der Waals surface area contributed by atoms with Crippen LogP contribution in [0.4, 0.5) is 10.2 Å². The molecule has 3 aromatic rings. The lowest BCUT2D eigenvalue weighted by molar-refractivity contribution is -0.0445. The van der Waals surface area contributed by atoms with Gasteiger partial charge in [0.25, 0.3) is 5.91 Å². The molecule has 0 bridgehead atoms. The molecule has 1 saturated heterocycles. The van der Waals surface area contributed by atoms with E-state index in [1.807, 2.05) is 19.2 Å². The van der Waals surface area contributed by atoms with Crippen molar-refractivity contribution >= 4 is 31.2 Å². The summed E-state index contributed by atoms with van der Waals surface area (Å²) in [6.45, 7) is 9.78. The monoisotopic (exact) mass is 557 g/mol. The van der Waals surface area contributed by atoms with E-state index in [1.54, 1.807) is 30.3 Å². The molecule has 3 heterocycles. The maximum Gasteiger partial charge on any atom is 0.259 e. The summed E-state index contributed by atoms with van der Waals surface area (Å²) in [5.41, 5.74) is 0.999. The predicted octanol–water partition coefficient (Wildman–Crippen LogP) is 3.64. The van der Waals surface area contributed by atoms with Gasteiger partial charge >= 0.3 is 0 Å². The summed E-state index contributed by atoms with van der Waals surface area (Å²) in [5.74, 6) is -0.0900. The van der Waals surface area contributed by atoms with Crippen molar-refractivity contribution < 1.29 is 28.6 Å². The van der Waals surface area contributed by atoms with Crippen molar-refractivity contribution in [1.82, 2.24) is 19.5 Å². The molecule has 2 aromatic heterocycles. The van der Waals surface area contributed by atoms with Crippen molar-refractivity contribution in [3.63, 3.8) is 0 Å². The highest BCUT2D eigenvalue weighted by atomic mass is 28.4. The first kappa shape index (κ1) is 29.0. The van der Waals surface area contributed by atoms with Gasteiger partial charge in [-0.3, -0.25) is 14.3 Å². The zero-order valence-corrected chi connectivity index (χ0v) is 23.9. The molecule has 1 amide bonds. The number of halogens is 1. The van der Waals surface area contributed by atoms with Crippen molar-refractivity contribution in [2.75, 3.05) is 24.7 Å². The molecule has 10 nitrogen and oxygen atoms in total. The molecular formula is C27H36FN5O5Si. The summed E-state index contributed by atoms with van der Waals surface area (Å²) in [4.78, 5) is 28.0. The quantitative estimate of drug-likeness (QED) is 0.302. The highest BCUT2D eigenvalue weighted by Crippen LogP contribution is 2.42. The van der Waals surface area contributed by atoms with E-state index in [0.717, 1.165) is 0 Å². The number of aromatic nitrogens is 4. The number of carbonyl (C=O) groups excluding carboxylic acids is 1. The highest BCUT2D eigenvalue weighted by molar-refractivity contribution is 6.74. The Hall–Kier alpha value is -3.03. The number of rotatable bonds is 9. The van der Waals surface area contributed by atoms with E-state index in [4.69, 9.17) is 9.16 Å². The number of ether oxygens (including phenoxy) is 1. The van der Waals surface area contributed by atoms with E-state index in [2.05, 4.69) is 35.7 Å². The minimum Gasteiger partial charge on any atom is -0.408 e. The van der Waals surface area contributed by atoms with Gasteiger partial charge in [-0.25, -0.2) is 19.3 Å². The van der Waals surface area contributed by atoms with Crippen LogP contribution in [0.5, 0.6) is 0 Å². The fourth-order valence-corrected chi connectivity index (χ4v) is 5.52. The molecule has 39 heavy (non-hydrogen) atoms. The Bertz CT molecular complexity index is 1310. The van der Waals surface area contributed by atoms with Crippen LogP contribution in [0.15, 0.2) is 55.1 Å². The third-order valence-electron chi connectivity index (χ3n) is 7.38. The lowest BCUT2D eigenvalue weighted by Gasteiger charge is -2.39. The van der Waals surface area contributed by atoms with Gasteiger partial charge in [0.1, 0.15) is 18.5 Å². The smallest absolute Gasteiger partial charge is 0.259 e. The second-order valence-corrected chi connectivity index (χ2v) is 15.7. The SMILES string of the molecule is CC(C)(C)[Si](C)(C)O[C@@H]1[C@@H](CO)OC(n2cnc3c(N(C/C=C/CO)C(=O)c4ccccc4)ncnc32)[C@@H]1F. The van der Waals surface area contributed by atoms with E-state index in [0.29, 0.717) is 5.56 Å². The first-order valence-corrected chi connectivity index (χ1v) is 15.8. The average Bonchev–Trinajstić information content (AvgIpc) is 3.47. The molecule has 1 aliphatic rings. The fraction of sp³-hybridized carbons (Fsp3) is 0.481. The first-order valence-electron chi connectivity index (χ1n) is 12.9. The third kappa shape index (κ3) is 5.80. The molecule has 1 unspecified atom stereocenters. The van der Waals surface area contributed by atoms with E-state index >= 15 is 4.39 Å². The molecule has 1 aromatic carbocycles. The van der Waals surface area contributed by atoms with Crippen molar-refractivity contribution in [2.45, 2.75) is 63.5 Å². The first-order chi connectivity index (χ1) is 18.5. The van der Waals surface area contributed by atoms with Gasteiger partial charge in [-0.05, 0) is 30.3 Å². The Morgan fingerprint density at radius 3 is 2.54 bits per heavy atom. The molecule has 0 aliphatic carbocycles. The number of aliphatic hydroxyl groups excluding tert-OH is 2. The number of aliphatic hydroxyl groups is 2. The summed E-state index contributed by atoms with van der Waals surface area (Å²) in [6, 6.07) is 8.73. The number of nitrogens with zero attached hydrogens (tertiary/aromatic N) is 5. The van der Waals surface area contributed by atoms with E-state index in [1.165, 1.54) is 28.2 Å². The predicted molar refractivity (Wildman–Crippen MR) is 148 cm³/mol. The Kier molecular flexibility index (Phi) is 8.62. The van der Waals surface area contributed by atoms with Crippen LogP contribution in [-0.4, -0.2) is 82.1 Å². The van der Waals surface area contributed by atoms with Crippen LogP contribution < -0.4 is 4.90 Å². The zero-order chi connectivity index (χ0) is 28.4. The van der Waals surface area contributed by atoms with Crippen LogP contribution in [0.25, 0.3) is 11.2 Å². The molecule has 1 fully saturated rings. The van der Waals surface area contributed by atoms with Gasteiger partial charge in [0.15, 0.2) is 37.7 Å². The topological polar surface area (TPSA) is 123 Å². The van der Waals surface area contributed by atoms with Crippen molar-refractivity contribution in [1.29, 1.82) is 0 Å². The van der Waals surface area contributed by atoms with Crippen molar-refractivity contribution in [2.24, 2.45) is 0 Å². The van der Waals surface area contributed by atoms with Crippen LogP contribution in [-0.2, 0) is 9.16 Å². The van der Waals surface area contributed by atoms with Crippen LogP contribution in [0, 0.1) is 0 Å². The number of hydrogen-bond donors (Lipinski definition) is 2. The van der Waals surface area contributed by atoms with E-state index in [-0.39, 0.29) is 41.1 Å². The maximum atomic E-state index is 16.0. The number of fused-ring (bicyclic) bond motifs is 1. The van der Waals surface area contributed by atoms with E-state index < -0.39 is 39.5 Å². The zero-order valence-electron chi connectivity index (χ0n) is 22.9. The summed E-state index contributed by atoms with van der Waals surface area (Å²) in [5, 5.41) is 19.0. The molecule has 0 saturated carbocycles. The molecule has 12 heteroatoms. The Balaban J connectivity index is 1.71. The van der Waals surface area contributed by atoms with Crippen LogP contribution in [0.1, 0.15) is 37.4 Å². The lowest BCUT2D eigenvalue weighted by atomic mass is 10.1. The molecular weight excluding hydrogens is 521 g/mol. The van der Waals surface area contributed by atoms with Gasteiger partial charge in [0, 0.05) is 12.1 Å². The Morgan fingerprint density at radius 1 is 1.18 bits per heavy atom. The number of benzene rings is 1. The number of carbonyl (C=O) groups is 1. The number of anilines is 1. The summed E-state index contributed by atoms with van der Waals surface area (Å²) >= 11 is 0. The third-order valence-corrected chi connectivity index (χ3v) is 11.9. The van der Waals surface area contributed by atoms with Gasteiger partial charge in [-0.2, -0.15) is 0 Å². The number of amides is 1. The molecule has 4 atom stereocenters. The summed E-state index contributed by atoms with van der Waals surface area (Å²) in [7, 11) is -2.37. The van der Waals surface area contributed by atoms with Crippen LogP contribution in [0.3, 0.4) is 0 Å². The van der Waals surface area contributed by atoms with Gasteiger partial charge in [-0.1, -0.05) is 51.1 Å². The van der Waals surface area contributed by atoms with Gasteiger partial charge in [0.05, 0.1) is 19.5 Å². The van der Waals surface area contributed by atoms with Crippen LogP contribution in [0.2, 0.25) is 18.1 Å². The van der Waals surface area contributed by atoms with Crippen LogP contribution >= 0.6 is 0 Å². The standard InChI is InChI=1S/C27H36FN5O5Si/c1-27(2,3)39(4,5)38-22-19(15-35)37-26(20(22)28)33-17-31-21-23(29-16-30-24(21)33)32(13-9-10-14-34)25(36)18-11-7-6-8-12-18/h6-12,16-17,19-20,22,26,34-35H,13-15H2,1-5H3/b10-9+/t19-,20-,22-,26?/m1/s1. The fourth-order valence-electron chi connectivity index (χ4n) is 4.20. The number of alkyl halides is 1. The minimum absolute atomic E-state index is 0.119. The Labute approximate surface area is 228 Å². The molecule has 4 rings (SSSR count). The highest BCUT2D eigenvalue weighted by Gasteiger charge is 2.51. The number of imidazole rings is 1. The molecule has 0 radical (unpaired) electrons. The lowest BCUT2D eigenvalue weighted by Crippen LogP contribution is -2.49. The van der Waals surface area contributed by atoms with Crippen molar-refractivity contribution in [3.8, 4) is 0 Å². The van der Waals surface area contributed by atoms with Gasteiger partial charge in [0.2, 0.25) is 0 Å². The normalized spacial score (nSPS) is 22.2. The van der Waals surface area contributed by atoms with E-state index in [9.17, 15) is 15.0 Å².